The number of piperidine rings is 1. The van der Waals surface area contributed by atoms with Crippen LogP contribution in [0, 0.1) is 0 Å². The minimum absolute atomic E-state index is 0.497. The number of rotatable bonds is 5. The Balaban J connectivity index is 2.02. The Bertz CT molecular complexity index is 144. The summed E-state index contributed by atoms with van der Waals surface area (Å²) in [4.78, 5) is 2.32. The number of hydrogen-bond acceptors (Lipinski definition) is 3. The lowest BCUT2D eigenvalue weighted by Crippen LogP contribution is -2.35. The Kier molecular flexibility index (Phi) is 5.45. The Morgan fingerprint density at radius 1 is 1.36 bits per heavy atom. The smallest absolute Gasteiger partial charge is 0.0600 e. The second-order valence-corrected chi connectivity index (χ2v) is 4.39. The van der Waals surface area contributed by atoms with Crippen molar-refractivity contribution in [3.63, 3.8) is 0 Å². The van der Waals surface area contributed by atoms with Crippen molar-refractivity contribution in [2.45, 2.75) is 38.8 Å². The van der Waals surface area contributed by atoms with Crippen molar-refractivity contribution < 1.29 is 4.74 Å². The van der Waals surface area contributed by atoms with Gasteiger partial charge in [-0.1, -0.05) is 0 Å². The molecule has 0 spiro atoms. The van der Waals surface area contributed by atoms with Crippen LogP contribution in [0.15, 0.2) is 0 Å². The van der Waals surface area contributed by atoms with Gasteiger partial charge in [0.15, 0.2) is 0 Å². The molecule has 0 radical (unpaired) electrons. The lowest BCUT2D eigenvalue weighted by molar-refractivity contribution is 0.0200. The maximum atomic E-state index is 5.82. The molecule has 0 unspecified atom stereocenters. The number of likely N-dealkylation sites (N-methyl/N-ethyl adjacent to an activating group) is 1. The molecule has 0 aromatic heterocycles. The van der Waals surface area contributed by atoms with Crippen LogP contribution in [0.5, 0.6) is 0 Å². The van der Waals surface area contributed by atoms with Crippen LogP contribution in [0.4, 0.5) is 0 Å². The molecule has 3 heteroatoms. The first-order valence-electron chi connectivity index (χ1n) is 5.72. The van der Waals surface area contributed by atoms with Gasteiger partial charge in [0, 0.05) is 12.6 Å². The third-order valence-corrected chi connectivity index (χ3v) is 2.97. The van der Waals surface area contributed by atoms with E-state index < -0.39 is 0 Å². The molecule has 0 aliphatic carbocycles. The highest BCUT2D eigenvalue weighted by molar-refractivity contribution is 4.68. The fourth-order valence-corrected chi connectivity index (χ4v) is 1.58. The van der Waals surface area contributed by atoms with Gasteiger partial charge in [-0.25, -0.2) is 0 Å². The van der Waals surface area contributed by atoms with Gasteiger partial charge in [0.1, 0.15) is 0 Å². The first-order chi connectivity index (χ1) is 6.70. The van der Waals surface area contributed by atoms with Gasteiger partial charge in [-0.2, -0.15) is 0 Å². The molecule has 0 saturated carbocycles. The van der Waals surface area contributed by atoms with Crippen molar-refractivity contribution in [3.05, 3.63) is 0 Å². The van der Waals surface area contributed by atoms with E-state index in [4.69, 9.17) is 4.74 Å². The van der Waals surface area contributed by atoms with Crippen LogP contribution in [0.2, 0.25) is 0 Å². The SMILES string of the molecule is CC(C)N(C)CCOC1CCNCC1. The summed E-state index contributed by atoms with van der Waals surface area (Å²) in [5.74, 6) is 0. The molecule has 84 valence electrons. The zero-order valence-corrected chi connectivity index (χ0v) is 9.75. The van der Waals surface area contributed by atoms with E-state index in [1.807, 2.05) is 0 Å². The molecule has 1 rings (SSSR count). The molecule has 1 N–H and O–H groups in total. The van der Waals surface area contributed by atoms with E-state index in [9.17, 15) is 0 Å². The molecule has 0 aromatic rings. The van der Waals surface area contributed by atoms with E-state index in [1.165, 1.54) is 12.8 Å². The average molecular weight is 200 g/mol. The van der Waals surface area contributed by atoms with Gasteiger partial charge in [-0.15, -0.1) is 0 Å². The van der Waals surface area contributed by atoms with Gasteiger partial charge >= 0.3 is 0 Å². The van der Waals surface area contributed by atoms with Crippen molar-refractivity contribution in [1.82, 2.24) is 10.2 Å². The van der Waals surface area contributed by atoms with Gasteiger partial charge in [-0.05, 0) is 46.8 Å². The largest absolute Gasteiger partial charge is 0.377 e. The second-order valence-electron chi connectivity index (χ2n) is 4.39. The van der Waals surface area contributed by atoms with Crippen molar-refractivity contribution in [3.8, 4) is 0 Å². The second kappa shape index (κ2) is 6.38. The standard InChI is InChI=1S/C11H24N2O/c1-10(2)13(3)8-9-14-11-4-6-12-7-5-11/h10-12H,4-9H2,1-3H3. The lowest BCUT2D eigenvalue weighted by Gasteiger charge is -2.25. The number of ether oxygens (including phenoxy) is 1. The van der Waals surface area contributed by atoms with Gasteiger partial charge in [0.25, 0.3) is 0 Å². The zero-order valence-electron chi connectivity index (χ0n) is 9.75. The highest BCUT2D eigenvalue weighted by atomic mass is 16.5. The van der Waals surface area contributed by atoms with E-state index in [0.717, 1.165) is 26.2 Å². The predicted molar refractivity (Wildman–Crippen MR) is 59.6 cm³/mol. The van der Waals surface area contributed by atoms with Crippen molar-refractivity contribution in [1.29, 1.82) is 0 Å². The third-order valence-electron chi connectivity index (χ3n) is 2.97. The summed E-state index contributed by atoms with van der Waals surface area (Å²) in [5.41, 5.74) is 0. The van der Waals surface area contributed by atoms with E-state index in [-0.39, 0.29) is 0 Å². The predicted octanol–water partition coefficient (Wildman–Crippen LogP) is 1.10. The number of nitrogens with zero attached hydrogens (tertiary/aromatic N) is 1. The Hall–Kier alpha value is -0.120. The van der Waals surface area contributed by atoms with E-state index in [1.54, 1.807) is 0 Å². The minimum Gasteiger partial charge on any atom is -0.377 e. The molecular weight excluding hydrogens is 176 g/mol. The van der Waals surface area contributed by atoms with Crippen LogP contribution >= 0.6 is 0 Å². The third kappa shape index (κ3) is 4.40. The van der Waals surface area contributed by atoms with Crippen LogP contribution in [0.3, 0.4) is 0 Å². The molecule has 3 nitrogen and oxygen atoms in total. The molecule has 0 aromatic carbocycles. The minimum atomic E-state index is 0.497. The van der Waals surface area contributed by atoms with Crippen LogP contribution in [0.25, 0.3) is 0 Å². The molecule has 1 saturated heterocycles. The van der Waals surface area contributed by atoms with Gasteiger partial charge in [0.2, 0.25) is 0 Å². The fourth-order valence-electron chi connectivity index (χ4n) is 1.58. The molecular formula is C11H24N2O. The monoisotopic (exact) mass is 200 g/mol. The van der Waals surface area contributed by atoms with Gasteiger partial charge in [-0.3, -0.25) is 0 Å². The van der Waals surface area contributed by atoms with Gasteiger partial charge in [0.05, 0.1) is 12.7 Å². The average Bonchev–Trinajstić information content (AvgIpc) is 2.19. The zero-order chi connectivity index (χ0) is 10.4. The number of nitrogens with one attached hydrogen (secondary N) is 1. The molecule has 0 amide bonds. The summed E-state index contributed by atoms with van der Waals surface area (Å²) >= 11 is 0. The van der Waals surface area contributed by atoms with E-state index >= 15 is 0 Å². The Labute approximate surface area is 87.8 Å². The normalized spacial score (nSPS) is 19.5. The van der Waals surface area contributed by atoms with Crippen molar-refractivity contribution >= 4 is 0 Å². The Morgan fingerprint density at radius 2 is 2.00 bits per heavy atom. The van der Waals surface area contributed by atoms with Gasteiger partial charge < -0.3 is 15.0 Å². The first kappa shape index (κ1) is 12.0. The molecule has 1 fully saturated rings. The summed E-state index contributed by atoms with van der Waals surface area (Å²) in [6, 6.07) is 0.617. The molecule has 1 aliphatic rings. The Morgan fingerprint density at radius 3 is 2.57 bits per heavy atom. The molecule has 14 heavy (non-hydrogen) atoms. The summed E-state index contributed by atoms with van der Waals surface area (Å²) in [6.07, 6.45) is 2.84. The summed E-state index contributed by atoms with van der Waals surface area (Å²) in [6.45, 7) is 8.57. The van der Waals surface area contributed by atoms with Crippen LogP contribution < -0.4 is 5.32 Å². The molecule has 0 atom stereocenters. The quantitative estimate of drug-likeness (QED) is 0.719. The number of hydrogen-bond donors (Lipinski definition) is 1. The van der Waals surface area contributed by atoms with Crippen molar-refractivity contribution in [2.75, 3.05) is 33.3 Å². The topological polar surface area (TPSA) is 24.5 Å². The highest BCUT2D eigenvalue weighted by Gasteiger charge is 2.13. The summed E-state index contributed by atoms with van der Waals surface area (Å²) in [5, 5.41) is 3.34. The van der Waals surface area contributed by atoms with E-state index in [0.29, 0.717) is 12.1 Å². The lowest BCUT2D eigenvalue weighted by atomic mass is 10.1. The summed E-state index contributed by atoms with van der Waals surface area (Å²) in [7, 11) is 2.15. The highest BCUT2D eigenvalue weighted by Crippen LogP contribution is 2.06. The van der Waals surface area contributed by atoms with Crippen LogP contribution in [-0.2, 0) is 4.74 Å². The first-order valence-corrected chi connectivity index (χ1v) is 5.72. The molecule has 1 aliphatic heterocycles. The fraction of sp³-hybridized carbons (Fsp3) is 1.00. The maximum absolute atomic E-state index is 5.82. The molecule has 1 heterocycles. The maximum Gasteiger partial charge on any atom is 0.0600 e. The van der Waals surface area contributed by atoms with Crippen molar-refractivity contribution in [2.24, 2.45) is 0 Å². The van der Waals surface area contributed by atoms with Crippen LogP contribution in [-0.4, -0.2) is 50.3 Å². The van der Waals surface area contributed by atoms with E-state index in [2.05, 4.69) is 31.1 Å². The molecule has 0 bridgehead atoms. The van der Waals surface area contributed by atoms with Crippen LogP contribution in [0.1, 0.15) is 26.7 Å². The summed E-state index contributed by atoms with van der Waals surface area (Å²) < 4.78 is 5.82.